The van der Waals surface area contributed by atoms with Crippen molar-refractivity contribution < 1.29 is 27.2 Å². The highest BCUT2D eigenvalue weighted by atomic mass is 19.4. The van der Waals surface area contributed by atoms with Crippen LogP contribution in [-0.2, 0) is 11.0 Å². The third-order valence-electron chi connectivity index (χ3n) is 4.57. The van der Waals surface area contributed by atoms with Gasteiger partial charge in [-0.1, -0.05) is 6.92 Å². The van der Waals surface area contributed by atoms with Crippen molar-refractivity contribution in [3.63, 3.8) is 0 Å². The molecule has 1 aromatic rings. The minimum absolute atomic E-state index is 0.0850. The summed E-state index contributed by atoms with van der Waals surface area (Å²) in [7, 11) is 0. The standard InChI is InChI=1S/C18H24F4N4O2/c1-3-12(2)23-16(27)11-25-6-8-26(9-7-25)17(28)24-13-4-5-15(19)14(10-13)18(20,21)22/h4-5,10,12H,3,6-9,11H2,1-2H3,(H,23,27)(H,24,28). The predicted molar refractivity (Wildman–Crippen MR) is 96.3 cm³/mol. The van der Waals surface area contributed by atoms with Crippen LogP contribution >= 0.6 is 0 Å². The maximum absolute atomic E-state index is 13.3. The summed E-state index contributed by atoms with van der Waals surface area (Å²) < 4.78 is 51.6. The van der Waals surface area contributed by atoms with E-state index in [0.717, 1.165) is 12.5 Å². The molecule has 0 aliphatic carbocycles. The number of alkyl halides is 3. The first kappa shape index (κ1) is 21.9. The van der Waals surface area contributed by atoms with Gasteiger partial charge in [-0.25, -0.2) is 9.18 Å². The van der Waals surface area contributed by atoms with Crippen LogP contribution in [0.5, 0.6) is 0 Å². The van der Waals surface area contributed by atoms with Gasteiger partial charge in [-0.05, 0) is 31.5 Å². The number of rotatable bonds is 5. The van der Waals surface area contributed by atoms with Crippen molar-refractivity contribution in [2.75, 3.05) is 38.0 Å². The second-order valence-corrected chi connectivity index (χ2v) is 6.76. The highest BCUT2D eigenvalue weighted by molar-refractivity contribution is 5.89. The summed E-state index contributed by atoms with van der Waals surface area (Å²) in [4.78, 5) is 27.5. The Morgan fingerprint density at radius 3 is 2.39 bits per heavy atom. The molecule has 0 aromatic heterocycles. The summed E-state index contributed by atoms with van der Waals surface area (Å²) in [6, 6.07) is 1.85. The lowest BCUT2D eigenvalue weighted by Gasteiger charge is -2.34. The molecule has 0 bridgehead atoms. The fourth-order valence-corrected chi connectivity index (χ4v) is 2.76. The van der Waals surface area contributed by atoms with Gasteiger partial charge in [0.15, 0.2) is 0 Å². The van der Waals surface area contributed by atoms with Gasteiger partial charge in [0.1, 0.15) is 5.82 Å². The number of carbonyl (C=O) groups excluding carboxylic acids is 2. The van der Waals surface area contributed by atoms with Gasteiger partial charge in [-0.15, -0.1) is 0 Å². The second-order valence-electron chi connectivity index (χ2n) is 6.76. The van der Waals surface area contributed by atoms with Gasteiger partial charge in [-0.3, -0.25) is 9.69 Å². The first-order valence-corrected chi connectivity index (χ1v) is 9.04. The molecule has 0 saturated carbocycles. The average molecular weight is 404 g/mol. The van der Waals surface area contributed by atoms with Crippen LogP contribution < -0.4 is 10.6 Å². The Balaban J connectivity index is 1.86. The molecule has 1 heterocycles. The monoisotopic (exact) mass is 404 g/mol. The minimum Gasteiger partial charge on any atom is -0.353 e. The number of anilines is 1. The number of urea groups is 1. The third kappa shape index (κ3) is 6.08. The molecule has 1 aliphatic heterocycles. The number of amides is 3. The number of nitrogens with one attached hydrogen (secondary N) is 2. The molecule has 1 aromatic carbocycles. The Kier molecular flexibility index (Phi) is 7.22. The van der Waals surface area contributed by atoms with Crippen LogP contribution in [0.15, 0.2) is 18.2 Å². The molecule has 1 saturated heterocycles. The van der Waals surface area contributed by atoms with Crippen molar-refractivity contribution in [2.45, 2.75) is 32.5 Å². The van der Waals surface area contributed by atoms with Crippen molar-refractivity contribution in [2.24, 2.45) is 0 Å². The molecule has 28 heavy (non-hydrogen) atoms. The van der Waals surface area contributed by atoms with Crippen molar-refractivity contribution in [1.82, 2.24) is 15.1 Å². The zero-order valence-electron chi connectivity index (χ0n) is 15.8. The fraction of sp³-hybridized carbons (Fsp3) is 0.556. The van der Waals surface area contributed by atoms with Crippen LogP contribution in [0.4, 0.5) is 28.0 Å². The van der Waals surface area contributed by atoms with E-state index in [1.165, 1.54) is 4.90 Å². The number of piperazine rings is 1. The summed E-state index contributed by atoms with van der Waals surface area (Å²) in [5.41, 5.74) is -1.56. The summed E-state index contributed by atoms with van der Waals surface area (Å²) in [5, 5.41) is 5.23. The maximum Gasteiger partial charge on any atom is 0.419 e. The molecule has 10 heteroatoms. The SMILES string of the molecule is CCC(C)NC(=O)CN1CCN(C(=O)Nc2ccc(F)c(C(F)(F)F)c2)CC1. The molecule has 6 nitrogen and oxygen atoms in total. The van der Waals surface area contributed by atoms with Crippen molar-refractivity contribution >= 4 is 17.6 Å². The summed E-state index contributed by atoms with van der Waals surface area (Å²) in [5.74, 6) is -1.48. The molecular weight excluding hydrogens is 380 g/mol. The molecule has 0 radical (unpaired) electrons. The highest BCUT2D eigenvalue weighted by Gasteiger charge is 2.34. The van der Waals surface area contributed by atoms with Crippen LogP contribution in [0.2, 0.25) is 0 Å². The lowest BCUT2D eigenvalue weighted by atomic mass is 10.2. The van der Waals surface area contributed by atoms with E-state index in [1.54, 1.807) is 0 Å². The molecule has 2 N–H and O–H groups in total. The molecule has 1 aliphatic rings. The minimum atomic E-state index is -4.84. The van der Waals surface area contributed by atoms with Crippen LogP contribution in [0.3, 0.4) is 0 Å². The van der Waals surface area contributed by atoms with Crippen LogP contribution in [0.25, 0.3) is 0 Å². The van der Waals surface area contributed by atoms with Crippen LogP contribution in [0, 0.1) is 5.82 Å². The number of benzene rings is 1. The number of halogens is 4. The average Bonchev–Trinajstić information content (AvgIpc) is 2.62. The third-order valence-corrected chi connectivity index (χ3v) is 4.57. The lowest BCUT2D eigenvalue weighted by Crippen LogP contribution is -2.52. The second kappa shape index (κ2) is 9.22. The van der Waals surface area contributed by atoms with E-state index >= 15 is 0 Å². The Morgan fingerprint density at radius 1 is 1.18 bits per heavy atom. The number of hydrogen-bond acceptors (Lipinski definition) is 3. The highest BCUT2D eigenvalue weighted by Crippen LogP contribution is 2.33. The Bertz CT molecular complexity index is 703. The van der Waals surface area contributed by atoms with E-state index in [4.69, 9.17) is 0 Å². The van der Waals surface area contributed by atoms with Gasteiger partial charge in [0, 0.05) is 37.9 Å². The van der Waals surface area contributed by atoms with Gasteiger partial charge in [0.2, 0.25) is 5.91 Å². The van der Waals surface area contributed by atoms with Crippen molar-refractivity contribution in [3.05, 3.63) is 29.6 Å². The molecule has 0 spiro atoms. The Hall–Kier alpha value is -2.36. The topological polar surface area (TPSA) is 64.7 Å². The summed E-state index contributed by atoms with van der Waals surface area (Å²) >= 11 is 0. The molecule has 1 fully saturated rings. The first-order chi connectivity index (χ1) is 13.1. The van der Waals surface area contributed by atoms with E-state index in [-0.39, 0.29) is 24.2 Å². The lowest BCUT2D eigenvalue weighted by molar-refractivity contribution is -0.140. The normalized spacial score (nSPS) is 16.6. The smallest absolute Gasteiger partial charge is 0.353 e. The summed E-state index contributed by atoms with van der Waals surface area (Å²) in [6.45, 7) is 5.72. The Morgan fingerprint density at radius 2 is 1.82 bits per heavy atom. The molecule has 3 amide bonds. The van der Waals surface area contributed by atoms with Gasteiger partial charge < -0.3 is 15.5 Å². The van der Waals surface area contributed by atoms with Gasteiger partial charge in [-0.2, -0.15) is 13.2 Å². The van der Waals surface area contributed by atoms with Crippen molar-refractivity contribution in [3.8, 4) is 0 Å². The molecular formula is C18H24F4N4O2. The molecule has 1 atom stereocenters. The van der Waals surface area contributed by atoms with Crippen LogP contribution in [-0.4, -0.2) is 60.5 Å². The fourth-order valence-electron chi connectivity index (χ4n) is 2.76. The van der Waals surface area contributed by atoms with Gasteiger partial charge >= 0.3 is 12.2 Å². The first-order valence-electron chi connectivity index (χ1n) is 9.04. The van der Waals surface area contributed by atoms with Crippen molar-refractivity contribution in [1.29, 1.82) is 0 Å². The quantitative estimate of drug-likeness (QED) is 0.742. The summed E-state index contributed by atoms with van der Waals surface area (Å²) in [6.07, 6.45) is -4.01. The van der Waals surface area contributed by atoms with E-state index in [2.05, 4.69) is 10.6 Å². The number of hydrogen-bond donors (Lipinski definition) is 2. The van der Waals surface area contributed by atoms with Gasteiger partial charge in [0.25, 0.3) is 0 Å². The number of carbonyl (C=O) groups is 2. The van der Waals surface area contributed by atoms with E-state index < -0.39 is 23.6 Å². The van der Waals surface area contributed by atoms with Gasteiger partial charge in [0.05, 0.1) is 12.1 Å². The van der Waals surface area contributed by atoms with Crippen LogP contribution in [0.1, 0.15) is 25.8 Å². The zero-order chi connectivity index (χ0) is 20.9. The molecule has 1 unspecified atom stereocenters. The largest absolute Gasteiger partial charge is 0.419 e. The van der Waals surface area contributed by atoms with E-state index in [1.807, 2.05) is 18.7 Å². The van der Waals surface area contributed by atoms with E-state index in [9.17, 15) is 27.2 Å². The molecule has 156 valence electrons. The predicted octanol–water partition coefficient (Wildman–Crippen LogP) is 2.91. The molecule has 2 rings (SSSR count). The number of nitrogens with zero attached hydrogens (tertiary/aromatic N) is 2. The Labute approximate surface area is 160 Å². The zero-order valence-corrected chi connectivity index (χ0v) is 15.8. The maximum atomic E-state index is 13.3. The van der Waals surface area contributed by atoms with E-state index in [0.29, 0.717) is 38.3 Å².